The van der Waals surface area contributed by atoms with Gasteiger partial charge < -0.3 is 9.90 Å². The average molecular weight is 243 g/mol. The summed E-state index contributed by atoms with van der Waals surface area (Å²) in [5.74, 6) is 0.177. The predicted molar refractivity (Wildman–Crippen MR) is 55.0 cm³/mol. The van der Waals surface area contributed by atoms with E-state index in [-0.39, 0.29) is 12.2 Å². The molecule has 0 aliphatic heterocycles. The number of carbonyl (C=O) groups excluding carboxylic acids is 1. The van der Waals surface area contributed by atoms with Crippen molar-refractivity contribution in [3.05, 3.63) is 27.7 Å². The van der Waals surface area contributed by atoms with Crippen LogP contribution in [0.15, 0.2) is 16.6 Å². The number of halogens is 1. The highest BCUT2D eigenvalue weighted by Gasteiger charge is 2.05. The minimum atomic E-state index is 0.177. The van der Waals surface area contributed by atoms with Crippen LogP contribution in [0.3, 0.4) is 0 Å². The van der Waals surface area contributed by atoms with Crippen LogP contribution in [0.4, 0.5) is 0 Å². The molecule has 0 bridgehead atoms. The summed E-state index contributed by atoms with van der Waals surface area (Å²) < 4.78 is 0.891. The molecule has 1 aromatic carbocycles. The standard InChI is InChI=1S/C10H11BrO2/c1-2-7-5-8(3-4-12)10(13)6-9(7)11/h4-6,13H,2-3H2,1H3. The Morgan fingerprint density at radius 1 is 1.46 bits per heavy atom. The number of aryl methyl sites for hydroxylation is 1. The molecule has 1 aromatic rings. The maximum Gasteiger partial charge on any atom is 0.124 e. The summed E-state index contributed by atoms with van der Waals surface area (Å²) in [4.78, 5) is 10.3. The lowest BCUT2D eigenvalue weighted by Crippen LogP contribution is -1.91. The number of aromatic hydroxyl groups is 1. The first kappa shape index (κ1) is 10.3. The number of phenols is 1. The third kappa shape index (κ3) is 2.31. The second kappa shape index (κ2) is 4.42. The van der Waals surface area contributed by atoms with E-state index in [1.165, 1.54) is 0 Å². The number of carbonyl (C=O) groups is 1. The molecule has 0 atom stereocenters. The Hall–Kier alpha value is -0.830. The Kier molecular flexibility index (Phi) is 3.48. The minimum Gasteiger partial charge on any atom is -0.508 e. The van der Waals surface area contributed by atoms with E-state index in [1.54, 1.807) is 6.07 Å². The maximum atomic E-state index is 10.3. The molecule has 2 nitrogen and oxygen atoms in total. The predicted octanol–water partition coefficient (Wildman–Crippen LogP) is 2.46. The van der Waals surface area contributed by atoms with Gasteiger partial charge in [-0.2, -0.15) is 0 Å². The summed E-state index contributed by atoms with van der Waals surface area (Å²) in [5, 5.41) is 9.45. The average Bonchev–Trinajstić information content (AvgIpc) is 2.10. The van der Waals surface area contributed by atoms with Crippen LogP contribution in [-0.4, -0.2) is 11.4 Å². The highest BCUT2D eigenvalue weighted by Crippen LogP contribution is 2.27. The van der Waals surface area contributed by atoms with Crippen molar-refractivity contribution in [1.29, 1.82) is 0 Å². The van der Waals surface area contributed by atoms with E-state index in [1.807, 2.05) is 13.0 Å². The summed E-state index contributed by atoms with van der Waals surface area (Å²) in [6, 6.07) is 3.49. The minimum absolute atomic E-state index is 0.177. The smallest absolute Gasteiger partial charge is 0.124 e. The lowest BCUT2D eigenvalue weighted by molar-refractivity contribution is -0.107. The maximum absolute atomic E-state index is 10.3. The van der Waals surface area contributed by atoms with E-state index in [4.69, 9.17) is 0 Å². The Bertz CT molecular complexity index is 321. The second-order valence-electron chi connectivity index (χ2n) is 2.80. The van der Waals surface area contributed by atoms with E-state index in [0.29, 0.717) is 5.56 Å². The molecule has 0 saturated carbocycles. The van der Waals surface area contributed by atoms with Crippen LogP contribution in [0, 0.1) is 0 Å². The van der Waals surface area contributed by atoms with Gasteiger partial charge in [0.1, 0.15) is 12.0 Å². The molecule has 0 saturated heterocycles. The first-order valence-corrected chi connectivity index (χ1v) is 4.92. The van der Waals surface area contributed by atoms with Crippen LogP contribution in [0.2, 0.25) is 0 Å². The van der Waals surface area contributed by atoms with Gasteiger partial charge in [0.25, 0.3) is 0 Å². The molecule has 0 aliphatic rings. The largest absolute Gasteiger partial charge is 0.508 e. The van der Waals surface area contributed by atoms with Crippen molar-refractivity contribution in [2.75, 3.05) is 0 Å². The van der Waals surface area contributed by atoms with Gasteiger partial charge in [-0.3, -0.25) is 0 Å². The van der Waals surface area contributed by atoms with Crippen LogP contribution in [0.25, 0.3) is 0 Å². The lowest BCUT2D eigenvalue weighted by Gasteiger charge is -2.06. The van der Waals surface area contributed by atoms with Gasteiger partial charge in [-0.25, -0.2) is 0 Å². The quantitative estimate of drug-likeness (QED) is 0.828. The topological polar surface area (TPSA) is 37.3 Å². The van der Waals surface area contributed by atoms with E-state index < -0.39 is 0 Å². The summed E-state index contributed by atoms with van der Waals surface area (Å²) in [6.07, 6.45) is 1.95. The third-order valence-electron chi connectivity index (χ3n) is 1.93. The van der Waals surface area contributed by atoms with Crippen molar-refractivity contribution in [2.45, 2.75) is 19.8 Å². The van der Waals surface area contributed by atoms with E-state index in [2.05, 4.69) is 15.9 Å². The van der Waals surface area contributed by atoms with E-state index >= 15 is 0 Å². The van der Waals surface area contributed by atoms with Crippen molar-refractivity contribution >= 4 is 22.2 Å². The molecular formula is C10H11BrO2. The molecule has 0 amide bonds. The van der Waals surface area contributed by atoms with Gasteiger partial charge in [-0.15, -0.1) is 0 Å². The fraction of sp³-hybridized carbons (Fsp3) is 0.300. The van der Waals surface area contributed by atoms with Crippen molar-refractivity contribution < 1.29 is 9.90 Å². The van der Waals surface area contributed by atoms with E-state index in [0.717, 1.165) is 22.7 Å². The van der Waals surface area contributed by atoms with Crippen molar-refractivity contribution in [3.8, 4) is 5.75 Å². The lowest BCUT2D eigenvalue weighted by atomic mass is 10.1. The van der Waals surface area contributed by atoms with Gasteiger partial charge in [0.2, 0.25) is 0 Å². The normalized spacial score (nSPS) is 10.0. The molecule has 13 heavy (non-hydrogen) atoms. The molecule has 0 aliphatic carbocycles. The second-order valence-corrected chi connectivity index (χ2v) is 3.65. The number of hydrogen-bond donors (Lipinski definition) is 1. The van der Waals surface area contributed by atoms with Crippen LogP contribution in [0.1, 0.15) is 18.1 Å². The molecule has 0 unspecified atom stereocenters. The monoisotopic (exact) mass is 242 g/mol. The van der Waals surface area contributed by atoms with Gasteiger partial charge >= 0.3 is 0 Å². The molecule has 0 spiro atoms. The van der Waals surface area contributed by atoms with Crippen LogP contribution in [0.5, 0.6) is 5.75 Å². The number of phenolic OH excluding ortho intramolecular Hbond substituents is 1. The zero-order valence-corrected chi connectivity index (χ0v) is 8.97. The number of aldehydes is 1. The third-order valence-corrected chi connectivity index (χ3v) is 2.67. The van der Waals surface area contributed by atoms with Crippen molar-refractivity contribution in [2.24, 2.45) is 0 Å². The summed E-state index contributed by atoms with van der Waals surface area (Å²) >= 11 is 3.34. The van der Waals surface area contributed by atoms with Gasteiger partial charge in [0.15, 0.2) is 0 Å². The molecule has 0 heterocycles. The van der Waals surface area contributed by atoms with Gasteiger partial charge in [0, 0.05) is 16.5 Å². The van der Waals surface area contributed by atoms with Crippen LogP contribution >= 0.6 is 15.9 Å². The number of hydrogen-bond acceptors (Lipinski definition) is 2. The SMILES string of the molecule is CCc1cc(CC=O)c(O)cc1Br. The molecule has 1 N–H and O–H groups in total. The highest BCUT2D eigenvalue weighted by atomic mass is 79.9. The fourth-order valence-corrected chi connectivity index (χ4v) is 1.79. The fourth-order valence-electron chi connectivity index (χ4n) is 1.18. The van der Waals surface area contributed by atoms with Gasteiger partial charge in [-0.1, -0.05) is 28.9 Å². The zero-order valence-electron chi connectivity index (χ0n) is 7.38. The van der Waals surface area contributed by atoms with Gasteiger partial charge in [-0.05, 0) is 18.1 Å². The summed E-state index contributed by atoms with van der Waals surface area (Å²) in [6.45, 7) is 2.03. The molecule has 70 valence electrons. The first-order valence-electron chi connectivity index (χ1n) is 4.13. The highest BCUT2D eigenvalue weighted by molar-refractivity contribution is 9.10. The molecular weight excluding hydrogens is 232 g/mol. The number of benzene rings is 1. The molecule has 1 rings (SSSR count). The van der Waals surface area contributed by atoms with Crippen molar-refractivity contribution in [3.63, 3.8) is 0 Å². The Morgan fingerprint density at radius 3 is 2.69 bits per heavy atom. The molecule has 3 heteroatoms. The summed E-state index contributed by atoms with van der Waals surface area (Å²) in [7, 11) is 0. The molecule has 0 aromatic heterocycles. The van der Waals surface area contributed by atoms with Crippen LogP contribution in [-0.2, 0) is 17.6 Å². The number of rotatable bonds is 3. The first-order chi connectivity index (χ1) is 6.19. The van der Waals surface area contributed by atoms with Crippen LogP contribution < -0.4 is 0 Å². The molecule has 0 fully saturated rings. The summed E-state index contributed by atoms with van der Waals surface area (Å²) in [5.41, 5.74) is 1.80. The Balaban J connectivity index is 3.13. The van der Waals surface area contributed by atoms with Gasteiger partial charge in [0.05, 0.1) is 0 Å². The Morgan fingerprint density at radius 2 is 2.15 bits per heavy atom. The zero-order chi connectivity index (χ0) is 9.84. The van der Waals surface area contributed by atoms with E-state index in [9.17, 15) is 9.90 Å². The Labute approximate surface area is 85.7 Å². The molecule has 0 radical (unpaired) electrons. The van der Waals surface area contributed by atoms with Crippen molar-refractivity contribution in [1.82, 2.24) is 0 Å².